The second-order valence-electron chi connectivity index (χ2n) is 6.83. The van der Waals surface area contributed by atoms with Gasteiger partial charge in [0.1, 0.15) is 11.6 Å². The van der Waals surface area contributed by atoms with Gasteiger partial charge in [-0.05, 0) is 43.2 Å². The van der Waals surface area contributed by atoms with E-state index in [2.05, 4.69) is 22.4 Å². The molecule has 0 saturated carbocycles. The van der Waals surface area contributed by atoms with Crippen molar-refractivity contribution in [1.82, 2.24) is 14.8 Å². The van der Waals surface area contributed by atoms with Crippen molar-refractivity contribution in [2.45, 2.75) is 50.1 Å². The van der Waals surface area contributed by atoms with Crippen molar-refractivity contribution in [1.29, 1.82) is 0 Å². The van der Waals surface area contributed by atoms with Crippen LogP contribution in [-0.4, -0.2) is 31.8 Å². The summed E-state index contributed by atoms with van der Waals surface area (Å²) in [5.74, 6) is 0.814. The highest BCUT2D eigenvalue weighted by Crippen LogP contribution is 2.25. The summed E-state index contributed by atoms with van der Waals surface area (Å²) >= 11 is 1.30. The molecule has 0 aliphatic heterocycles. The van der Waals surface area contributed by atoms with Crippen molar-refractivity contribution in [3.8, 4) is 0 Å². The van der Waals surface area contributed by atoms with Crippen LogP contribution in [0.3, 0.4) is 0 Å². The van der Waals surface area contributed by atoms with E-state index in [0.29, 0.717) is 23.9 Å². The van der Waals surface area contributed by atoms with Gasteiger partial charge in [0.15, 0.2) is 5.16 Å². The fraction of sp³-hybridized carbons (Fsp3) is 0.333. The second-order valence-corrected chi connectivity index (χ2v) is 8.14. The maximum atomic E-state index is 12.7. The van der Waals surface area contributed by atoms with Crippen LogP contribution in [0, 0.1) is 0 Å². The monoisotopic (exact) mass is 427 g/mol. The normalized spacial score (nSPS) is 11.9. The van der Waals surface area contributed by atoms with E-state index in [1.165, 1.54) is 17.3 Å². The van der Waals surface area contributed by atoms with Crippen LogP contribution in [0.5, 0.6) is 0 Å². The molecule has 8 nitrogen and oxygen atoms in total. The summed E-state index contributed by atoms with van der Waals surface area (Å²) in [5.41, 5.74) is 7.24. The number of benzene rings is 1. The molecular formula is C21H25N5O3S. The summed E-state index contributed by atoms with van der Waals surface area (Å²) in [6.45, 7) is 4.31. The number of aryl methyl sites for hydroxylation is 2. The predicted octanol–water partition coefficient (Wildman–Crippen LogP) is 3.02. The molecule has 3 aromatic rings. The van der Waals surface area contributed by atoms with Gasteiger partial charge >= 0.3 is 0 Å². The summed E-state index contributed by atoms with van der Waals surface area (Å²) in [4.78, 5) is 23.8. The zero-order chi connectivity index (χ0) is 21.5. The molecule has 0 aliphatic carbocycles. The van der Waals surface area contributed by atoms with E-state index < -0.39 is 11.2 Å². The number of nitrogens with one attached hydrogen (secondary N) is 1. The second kappa shape index (κ2) is 10.1. The number of rotatable bonds is 10. The predicted molar refractivity (Wildman–Crippen MR) is 115 cm³/mol. The first-order valence-corrected chi connectivity index (χ1v) is 10.6. The van der Waals surface area contributed by atoms with Crippen LogP contribution in [0.15, 0.2) is 52.2 Å². The Labute approximate surface area is 179 Å². The van der Waals surface area contributed by atoms with Crippen molar-refractivity contribution in [3.63, 3.8) is 0 Å². The van der Waals surface area contributed by atoms with Crippen LogP contribution >= 0.6 is 11.8 Å². The van der Waals surface area contributed by atoms with Gasteiger partial charge in [-0.2, -0.15) is 0 Å². The zero-order valence-electron chi connectivity index (χ0n) is 17.0. The van der Waals surface area contributed by atoms with Gasteiger partial charge in [-0.1, -0.05) is 30.8 Å². The number of anilines is 1. The molecule has 0 spiro atoms. The van der Waals surface area contributed by atoms with Crippen LogP contribution in [0.25, 0.3) is 0 Å². The summed E-state index contributed by atoms with van der Waals surface area (Å²) in [5, 5.41) is 11.5. The molecule has 3 N–H and O–H groups in total. The molecule has 2 aromatic heterocycles. The minimum atomic E-state index is -0.404. The molecule has 1 atom stereocenters. The van der Waals surface area contributed by atoms with Crippen LogP contribution in [0.1, 0.15) is 37.4 Å². The van der Waals surface area contributed by atoms with E-state index >= 15 is 0 Å². The number of carbonyl (C=O) groups is 2. The van der Waals surface area contributed by atoms with Crippen LogP contribution < -0.4 is 11.1 Å². The maximum absolute atomic E-state index is 12.7. The Bertz CT molecular complexity index is 983. The molecule has 2 amide bonds. The standard InChI is InChI=1S/C21H25N5O3S/c1-3-15-6-8-16(9-7-15)23-20(28)14(2)30-21-25-24-19(11-10-18(22)27)26(21)13-17-5-4-12-29-17/h4-9,12,14H,3,10-11,13H2,1-2H3,(H2,22,27)(H,23,28). The van der Waals surface area contributed by atoms with Crippen molar-refractivity contribution in [2.24, 2.45) is 5.73 Å². The molecule has 158 valence electrons. The lowest BCUT2D eigenvalue weighted by Gasteiger charge is -2.13. The quantitative estimate of drug-likeness (QED) is 0.481. The molecule has 0 radical (unpaired) electrons. The van der Waals surface area contributed by atoms with E-state index in [0.717, 1.165) is 17.9 Å². The molecule has 1 unspecified atom stereocenters. The number of thioether (sulfide) groups is 1. The van der Waals surface area contributed by atoms with Gasteiger partial charge in [0.25, 0.3) is 0 Å². The lowest BCUT2D eigenvalue weighted by Crippen LogP contribution is -2.23. The number of carbonyl (C=O) groups excluding carboxylic acids is 2. The number of nitrogens with zero attached hydrogens (tertiary/aromatic N) is 3. The molecule has 0 fully saturated rings. The Kier molecular flexibility index (Phi) is 7.29. The average Bonchev–Trinajstić information content (AvgIpc) is 3.38. The Balaban J connectivity index is 1.71. The number of primary amides is 1. The van der Waals surface area contributed by atoms with E-state index in [1.54, 1.807) is 12.3 Å². The lowest BCUT2D eigenvalue weighted by molar-refractivity contribution is -0.118. The highest BCUT2D eigenvalue weighted by atomic mass is 32.2. The molecule has 0 aliphatic rings. The molecule has 2 heterocycles. The SMILES string of the molecule is CCc1ccc(NC(=O)C(C)Sc2nnc(CCC(N)=O)n2Cc2ccco2)cc1. The Hall–Kier alpha value is -3.07. The smallest absolute Gasteiger partial charge is 0.237 e. The van der Waals surface area contributed by atoms with Gasteiger partial charge in [-0.3, -0.25) is 14.2 Å². The summed E-state index contributed by atoms with van der Waals surface area (Å²) in [6, 6.07) is 11.4. The first-order valence-electron chi connectivity index (χ1n) is 9.75. The largest absolute Gasteiger partial charge is 0.467 e. The fourth-order valence-corrected chi connectivity index (χ4v) is 3.69. The van der Waals surface area contributed by atoms with Gasteiger partial charge in [-0.15, -0.1) is 10.2 Å². The molecule has 3 rings (SSSR count). The number of amides is 2. The van der Waals surface area contributed by atoms with Crippen LogP contribution in [-0.2, 0) is 29.0 Å². The molecule has 9 heteroatoms. The number of furan rings is 1. The topological polar surface area (TPSA) is 116 Å². The van der Waals surface area contributed by atoms with Crippen molar-refractivity contribution in [2.75, 3.05) is 5.32 Å². The van der Waals surface area contributed by atoms with E-state index in [4.69, 9.17) is 10.2 Å². The number of hydrogen-bond donors (Lipinski definition) is 2. The summed E-state index contributed by atoms with van der Waals surface area (Å²) < 4.78 is 7.29. The van der Waals surface area contributed by atoms with E-state index in [9.17, 15) is 9.59 Å². The molecule has 1 aromatic carbocycles. The third-order valence-electron chi connectivity index (χ3n) is 4.56. The average molecular weight is 428 g/mol. The Morgan fingerprint density at radius 2 is 2.00 bits per heavy atom. The minimum absolute atomic E-state index is 0.129. The van der Waals surface area contributed by atoms with Gasteiger partial charge in [0.05, 0.1) is 18.1 Å². The zero-order valence-corrected chi connectivity index (χ0v) is 17.8. The van der Waals surface area contributed by atoms with Crippen LogP contribution in [0.2, 0.25) is 0 Å². The molecule has 0 bridgehead atoms. The number of nitrogens with two attached hydrogens (primary N) is 1. The first kappa shape index (κ1) is 21.6. The summed E-state index contributed by atoms with van der Waals surface area (Å²) in [7, 11) is 0. The Morgan fingerprint density at radius 1 is 1.23 bits per heavy atom. The minimum Gasteiger partial charge on any atom is -0.467 e. The highest BCUT2D eigenvalue weighted by Gasteiger charge is 2.21. The Morgan fingerprint density at radius 3 is 2.63 bits per heavy atom. The first-order chi connectivity index (χ1) is 14.5. The lowest BCUT2D eigenvalue weighted by atomic mass is 10.1. The van der Waals surface area contributed by atoms with Crippen molar-refractivity contribution in [3.05, 3.63) is 59.8 Å². The fourth-order valence-electron chi connectivity index (χ4n) is 2.82. The third kappa shape index (κ3) is 5.73. The van der Waals surface area contributed by atoms with Gasteiger partial charge < -0.3 is 15.5 Å². The van der Waals surface area contributed by atoms with Gasteiger partial charge in [0.2, 0.25) is 11.8 Å². The molecular weight excluding hydrogens is 402 g/mol. The molecule has 30 heavy (non-hydrogen) atoms. The number of hydrogen-bond acceptors (Lipinski definition) is 6. The van der Waals surface area contributed by atoms with Crippen molar-refractivity contribution < 1.29 is 14.0 Å². The summed E-state index contributed by atoms with van der Waals surface area (Å²) in [6.07, 6.45) is 3.08. The molecule has 0 saturated heterocycles. The van der Waals surface area contributed by atoms with Crippen molar-refractivity contribution >= 4 is 29.3 Å². The maximum Gasteiger partial charge on any atom is 0.237 e. The van der Waals surface area contributed by atoms with E-state index in [-0.39, 0.29) is 12.3 Å². The third-order valence-corrected chi connectivity index (χ3v) is 5.64. The highest BCUT2D eigenvalue weighted by molar-refractivity contribution is 8.00. The van der Waals surface area contributed by atoms with E-state index in [1.807, 2.05) is 41.8 Å². The van der Waals surface area contributed by atoms with Crippen LogP contribution in [0.4, 0.5) is 5.69 Å². The van der Waals surface area contributed by atoms with Gasteiger partial charge in [-0.25, -0.2) is 0 Å². The number of aromatic nitrogens is 3. The van der Waals surface area contributed by atoms with Gasteiger partial charge in [0, 0.05) is 18.5 Å².